The number of carbonyl (C=O) groups excluding carboxylic acids is 1. The van der Waals surface area contributed by atoms with E-state index in [-0.39, 0.29) is 16.9 Å². The maximum absolute atomic E-state index is 13.6. The number of benzene rings is 2. The minimum absolute atomic E-state index is 0.0396. The van der Waals surface area contributed by atoms with Crippen molar-refractivity contribution >= 4 is 17.7 Å². The van der Waals surface area contributed by atoms with E-state index >= 15 is 0 Å². The van der Waals surface area contributed by atoms with Gasteiger partial charge in [-0.15, -0.1) is 0 Å². The SMILES string of the molecule is CC1(C)Cc2cc(/C=C(\C#N)C(=O)Nc3ccccc3F)ccc2O1. The highest BCUT2D eigenvalue weighted by Crippen LogP contribution is 2.35. The van der Waals surface area contributed by atoms with Gasteiger partial charge in [0, 0.05) is 6.42 Å². The third-order valence-corrected chi connectivity index (χ3v) is 3.89. The highest BCUT2D eigenvalue weighted by molar-refractivity contribution is 6.09. The summed E-state index contributed by atoms with van der Waals surface area (Å²) >= 11 is 0. The lowest BCUT2D eigenvalue weighted by Crippen LogP contribution is -2.24. The monoisotopic (exact) mass is 336 g/mol. The molecule has 0 saturated heterocycles. The normalized spacial score (nSPS) is 15.0. The molecule has 25 heavy (non-hydrogen) atoms. The number of fused-ring (bicyclic) bond motifs is 1. The van der Waals surface area contributed by atoms with Crippen LogP contribution in [0, 0.1) is 17.1 Å². The Hall–Kier alpha value is -3.13. The van der Waals surface area contributed by atoms with Crippen LogP contribution < -0.4 is 10.1 Å². The molecule has 0 spiro atoms. The number of amides is 1. The lowest BCUT2D eigenvalue weighted by atomic mass is 9.99. The van der Waals surface area contributed by atoms with Gasteiger partial charge in [0.1, 0.15) is 28.8 Å². The topological polar surface area (TPSA) is 62.1 Å². The van der Waals surface area contributed by atoms with E-state index in [0.29, 0.717) is 0 Å². The molecule has 126 valence electrons. The van der Waals surface area contributed by atoms with Crippen LogP contribution in [-0.2, 0) is 11.2 Å². The summed E-state index contributed by atoms with van der Waals surface area (Å²) in [4.78, 5) is 12.2. The van der Waals surface area contributed by atoms with E-state index in [1.165, 1.54) is 24.3 Å². The number of hydrogen-bond acceptors (Lipinski definition) is 3. The van der Waals surface area contributed by atoms with Crippen LogP contribution in [0.3, 0.4) is 0 Å². The van der Waals surface area contributed by atoms with Crippen molar-refractivity contribution in [3.63, 3.8) is 0 Å². The zero-order valence-electron chi connectivity index (χ0n) is 14.0. The predicted octanol–water partition coefficient (Wildman–Crippen LogP) is 4.08. The smallest absolute Gasteiger partial charge is 0.266 e. The van der Waals surface area contributed by atoms with Gasteiger partial charge in [-0.3, -0.25) is 4.79 Å². The van der Waals surface area contributed by atoms with E-state index in [0.717, 1.165) is 23.3 Å². The number of anilines is 1. The summed E-state index contributed by atoms with van der Waals surface area (Å²) in [7, 11) is 0. The minimum Gasteiger partial charge on any atom is -0.487 e. The van der Waals surface area contributed by atoms with Crippen molar-refractivity contribution in [2.75, 3.05) is 5.32 Å². The van der Waals surface area contributed by atoms with Gasteiger partial charge in [0.25, 0.3) is 5.91 Å². The van der Waals surface area contributed by atoms with E-state index in [1.54, 1.807) is 12.1 Å². The second-order valence-corrected chi connectivity index (χ2v) is 6.51. The van der Waals surface area contributed by atoms with Gasteiger partial charge in [-0.05, 0) is 55.3 Å². The van der Waals surface area contributed by atoms with Gasteiger partial charge in [-0.1, -0.05) is 18.2 Å². The lowest BCUT2D eigenvalue weighted by Gasteiger charge is -2.16. The van der Waals surface area contributed by atoms with E-state index in [1.807, 2.05) is 32.0 Å². The Kier molecular flexibility index (Phi) is 4.28. The van der Waals surface area contributed by atoms with Crippen LogP contribution in [0.25, 0.3) is 6.08 Å². The maximum Gasteiger partial charge on any atom is 0.266 e. The molecule has 2 aromatic carbocycles. The zero-order chi connectivity index (χ0) is 18.0. The van der Waals surface area contributed by atoms with Crippen molar-refractivity contribution in [3.8, 4) is 11.8 Å². The Balaban J connectivity index is 1.83. The van der Waals surface area contributed by atoms with E-state index in [9.17, 15) is 14.4 Å². The number of para-hydroxylation sites is 1. The Bertz CT molecular complexity index is 910. The number of hydrogen-bond donors (Lipinski definition) is 1. The molecule has 1 aliphatic heterocycles. The van der Waals surface area contributed by atoms with Crippen molar-refractivity contribution < 1.29 is 13.9 Å². The number of halogens is 1. The molecule has 1 amide bonds. The summed E-state index contributed by atoms with van der Waals surface area (Å²) in [6, 6.07) is 13.2. The molecule has 0 saturated carbocycles. The lowest BCUT2D eigenvalue weighted by molar-refractivity contribution is -0.112. The van der Waals surface area contributed by atoms with Crippen LogP contribution in [0.5, 0.6) is 5.75 Å². The summed E-state index contributed by atoms with van der Waals surface area (Å²) in [5, 5.41) is 11.7. The van der Waals surface area contributed by atoms with Gasteiger partial charge in [0.2, 0.25) is 0 Å². The third kappa shape index (κ3) is 3.69. The van der Waals surface area contributed by atoms with Crippen molar-refractivity contribution in [3.05, 3.63) is 65.0 Å². The van der Waals surface area contributed by atoms with E-state index < -0.39 is 11.7 Å². The summed E-state index contributed by atoms with van der Waals surface area (Å²) in [5.41, 5.74) is 1.44. The third-order valence-electron chi connectivity index (χ3n) is 3.89. The Labute approximate surface area is 145 Å². The van der Waals surface area contributed by atoms with Crippen LogP contribution >= 0.6 is 0 Å². The molecule has 0 fully saturated rings. The van der Waals surface area contributed by atoms with Gasteiger partial charge in [-0.25, -0.2) is 4.39 Å². The highest BCUT2D eigenvalue weighted by Gasteiger charge is 2.29. The Morgan fingerprint density at radius 3 is 2.80 bits per heavy atom. The molecule has 0 radical (unpaired) electrons. The first-order valence-corrected chi connectivity index (χ1v) is 7.87. The second kappa shape index (κ2) is 6.40. The number of carbonyl (C=O) groups is 1. The quantitative estimate of drug-likeness (QED) is 0.678. The van der Waals surface area contributed by atoms with E-state index in [2.05, 4.69) is 5.32 Å². The first kappa shape index (κ1) is 16.7. The fourth-order valence-corrected chi connectivity index (χ4v) is 2.79. The number of rotatable bonds is 3. The summed E-state index contributed by atoms with van der Waals surface area (Å²) in [6.45, 7) is 4.01. The largest absolute Gasteiger partial charge is 0.487 e. The summed E-state index contributed by atoms with van der Waals surface area (Å²) in [6.07, 6.45) is 2.25. The van der Waals surface area contributed by atoms with Crippen molar-refractivity contribution in [1.82, 2.24) is 0 Å². The Morgan fingerprint density at radius 1 is 1.32 bits per heavy atom. The predicted molar refractivity (Wildman–Crippen MR) is 93.5 cm³/mol. The molecule has 1 N–H and O–H groups in total. The average Bonchev–Trinajstić information content (AvgIpc) is 2.87. The molecule has 4 nitrogen and oxygen atoms in total. The highest BCUT2D eigenvalue weighted by atomic mass is 19.1. The number of nitrogens with one attached hydrogen (secondary N) is 1. The fraction of sp³-hybridized carbons (Fsp3) is 0.200. The molecule has 1 heterocycles. The van der Waals surface area contributed by atoms with Gasteiger partial charge >= 0.3 is 0 Å². The summed E-state index contributed by atoms with van der Waals surface area (Å²) in [5.74, 6) is -0.383. The molecule has 1 aliphatic rings. The molecule has 3 rings (SSSR count). The van der Waals surface area contributed by atoms with Crippen molar-refractivity contribution in [1.29, 1.82) is 5.26 Å². The molecule has 0 atom stereocenters. The van der Waals surface area contributed by atoms with Gasteiger partial charge in [-0.2, -0.15) is 5.26 Å². The molecular formula is C20H17FN2O2. The van der Waals surface area contributed by atoms with Crippen molar-refractivity contribution in [2.45, 2.75) is 25.9 Å². The van der Waals surface area contributed by atoms with Crippen LogP contribution in [0.1, 0.15) is 25.0 Å². The molecule has 0 unspecified atom stereocenters. The average molecular weight is 336 g/mol. The molecule has 2 aromatic rings. The van der Waals surface area contributed by atoms with Crippen LogP contribution in [0.15, 0.2) is 48.0 Å². The van der Waals surface area contributed by atoms with E-state index in [4.69, 9.17) is 4.74 Å². The summed E-state index contributed by atoms with van der Waals surface area (Å²) < 4.78 is 19.4. The fourth-order valence-electron chi connectivity index (χ4n) is 2.79. The number of nitriles is 1. The van der Waals surface area contributed by atoms with Crippen LogP contribution in [-0.4, -0.2) is 11.5 Å². The first-order valence-electron chi connectivity index (χ1n) is 7.87. The van der Waals surface area contributed by atoms with Crippen LogP contribution in [0.4, 0.5) is 10.1 Å². The maximum atomic E-state index is 13.6. The first-order chi connectivity index (χ1) is 11.9. The van der Waals surface area contributed by atoms with Gasteiger partial charge < -0.3 is 10.1 Å². The Morgan fingerprint density at radius 2 is 2.08 bits per heavy atom. The van der Waals surface area contributed by atoms with Gasteiger partial charge in [0.15, 0.2) is 0 Å². The van der Waals surface area contributed by atoms with Crippen molar-refractivity contribution in [2.24, 2.45) is 0 Å². The second-order valence-electron chi connectivity index (χ2n) is 6.51. The zero-order valence-corrected chi connectivity index (χ0v) is 14.0. The molecular weight excluding hydrogens is 319 g/mol. The molecule has 0 aliphatic carbocycles. The standard InChI is InChI=1S/C20H17FN2O2/c1-20(2)11-14-9-13(7-8-18(14)25-20)10-15(12-22)19(24)23-17-6-4-3-5-16(17)21/h3-10H,11H2,1-2H3,(H,23,24)/b15-10+. The number of nitrogens with zero attached hydrogens (tertiary/aromatic N) is 1. The molecule has 0 aromatic heterocycles. The molecule has 0 bridgehead atoms. The van der Waals surface area contributed by atoms with Gasteiger partial charge in [0.05, 0.1) is 5.69 Å². The molecule has 5 heteroatoms. The number of ether oxygens (including phenoxy) is 1. The minimum atomic E-state index is -0.648. The van der Waals surface area contributed by atoms with Crippen LogP contribution in [0.2, 0.25) is 0 Å².